The van der Waals surface area contributed by atoms with Crippen LogP contribution in [-0.2, 0) is 0 Å². The summed E-state index contributed by atoms with van der Waals surface area (Å²) >= 11 is 0. The molecule has 1 aromatic rings. The summed E-state index contributed by atoms with van der Waals surface area (Å²) in [7, 11) is 0.858. The molecule has 0 aliphatic heterocycles. The van der Waals surface area contributed by atoms with Crippen molar-refractivity contribution in [3.63, 3.8) is 0 Å². The average molecular weight is 266 g/mol. The molecule has 0 atom stereocenters. The van der Waals surface area contributed by atoms with Gasteiger partial charge in [-0.2, -0.15) is 0 Å². The molecule has 96 valence electrons. The maximum Gasteiger partial charge on any atom is 0.111 e. The molecule has 0 aromatic heterocycles. The van der Waals surface area contributed by atoms with Crippen LogP contribution in [0.25, 0.3) is 6.08 Å². The second kappa shape index (κ2) is 7.64. The molecule has 0 unspecified atom stereocenters. The minimum atomic E-state index is -0.929. The van der Waals surface area contributed by atoms with Gasteiger partial charge in [-0.1, -0.05) is 75.7 Å². The van der Waals surface area contributed by atoms with Crippen LogP contribution in [0, 0.1) is 0 Å². The van der Waals surface area contributed by atoms with Crippen molar-refractivity contribution >= 4 is 23.3 Å². The van der Waals surface area contributed by atoms with E-state index in [1.165, 1.54) is 5.56 Å². The van der Waals surface area contributed by atoms with E-state index in [-0.39, 0.29) is 0 Å². The first-order chi connectivity index (χ1) is 7.79. The van der Waals surface area contributed by atoms with Gasteiger partial charge < -0.3 is 4.23 Å². The summed E-state index contributed by atoms with van der Waals surface area (Å²) in [5, 5.41) is 0. The quantitative estimate of drug-likeness (QED) is 0.745. The molecule has 1 aromatic carbocycles. The average Bonchev–Trinajstić information content (AvgIpc) is 2.28. The fraction of sp³-hybridized carbons (Fsp3) is 0.429. The highest BCUT2D eigenvalue weighted by Crippen LogP contribution is 2.07. The molecule has 0 radical (unpaired) electrons. The molecule has 0 bridgehead atoms. The number of nitrogens with zero attached hydrogens (tertiary/aromatic N) is 1. The first kappa shape index (κ1) is 16.4. The number of hydrogen-bond acceptors (Lipinski definition) is 1. The molecular weight excluding hydrogens is 238 g/mol. The lowest BCUT2D eigenvalue weighted by molar-refractivity contribution is 0.784. The van der Waals surface area contributed by atoms with Crippen molar-refractivity contribution in [2.75, 3.05) is 7.05 Å². The molecule has 0 aliphatic carbocycles. The van der Waals surface area contributed by atoms with E-state index in [9.17, 15) is 0 Å². The maximum atomic E-state index is 3.63. The minimum absolute atomic E-state index is 0.495. The van der Waals surface area contributed by atoms with Gasteiger partial charge in [-0.05, 0) is 12.6 Å². The highest BCUT2D eigenvalue weighted by atomic mass is 28.4. The van der Waals surface area contributed by atoms with Crippen LogP contribution in [-0.4, -0.2) is 28.5 Å². The highest BCUT2D eigenvalue weighted by molar-refractivity contribution is 6.82. The third kappa shape index (κ3) is 7.31. The SMILES string of the molecule is C=Cc1ccccc1.CN([SiH](C)C)[Si](C)(C)C. The van der Waals surface area contributed by atoms with Crippen LogP contribution in [0.2, 0.25) is 32.7 Å². The Balaban J connectivity index is 0.000000302. The van der Waals surface area contributed by atoms with Gasteiger partial charge >= 0.3 is 0 Å². The second-order valence-corrected chi connectivity index (χ2v) is 14.0. The number of hydrogen-bond donors (Lipinski definition) is 0. The van der Waals surface area contributed by atoms with Gasteiger partial charge in [0.1, 0.15) is 8.24 Å². The lowest BCUT2D eigenvalue weighted by Crippen LogP contribution is -2.49. The van der Waals surface area contributed by atoms with Crippen molar-refractivity contribution < 1.29 is 0 Å². The number of rotatable bonds is 3. The lowest BCUT2D eigenvalue weighted by atomic mass is 10.2. The van der Waals surface area contributed by atoms with E-state index in [1.54, 1.807) is 0 Å². The van der Waals surface area contributed by atoms with E-state index in [0.29, 0.717) is 0 Å². The third-order valence-corrected chi connectivity index (χ3v) is 10.4. The Morgan fingerprint density at radius 3 is 1.76 bits per heavy atom. The topological polar surface area (TPSA) is 3.24 Å². The van der Waals surface area contributed by atoms with Gasteiger partial charge in [0.15, 0.2) is 0 Å². The minimum Gasteiger partial charge on any atom is -0.351 e. The third-order valence-electron chi connectivity index (χ3n) is 2.87. The molecule has 3 heteroatoms. The Bertz CT molecular complexity index is 315. The maximum absolute atomic E-state index is 3.63. The van der Waals surface area contributed by atoms with E-state index in [2.05, 4.69) is 50.6 Å². The summed E-state index contributed by atoms with van der Waals surface area (Å²) in [6.07, 6.45) is 1.83. The summed E-state index contributed by atoms with van der Waals surface area (Å²) in [4.78, 5) is 0. The van der Waals surface area contributed by atoms with Crippen LogP contribution >= 0.6 is 0 Å². The molecule has 1 rings (SSSR count). The molecule has 0 saturated carbocycles. The van der Waals surface area contributed by atoms with E-state index in [1.807, 2.05) is 36.4 Å². The van der Waals surface area contributed by atoms with Crippen LogP contribution < -0.4 is 0 Å². The van der Waals surface area contributed by atoms with Gasteiger partial charge in [0, 0.05) is 0 Å². The van der Waals surface area contributed by atoms with Crippen LogP contribution in [0.3, 0.4) is 0 Å². The molecule has 0 N–H and O–H groups in total. The smallest absolute Gasteiger partial charge is 0.111 e. The highest BCUT2D eigenvalue weighted by Gasteiger charge is 2.21. The van der Waals surface area contributed by atoms with Gasteiger partial charge in [-0.3, -0.25) is 0 Å². The van der Waals surface area contributed by atoms with Crippen molar-refractivity contribution in [3.05, 3.63) is 42.5 Å². The number of benzene rings is 1. The standard InChI is InChI=1S/C8H8.C6H19NSi2/c1-2-8-6-4-3-5-7-8;1-7(8(2)3)9(4,5)6/h2-7H,1H2;8H,1-6H3. The molecule has 0 amide bonds. The van der Waals surface area contributed by atoms with Gasteiger partial charge in [0.2, 0.25) is 0 Å². The Morgan fingerprint density at radius 1 is 1.12 bits per heavy atom. The Hall–Kier alpha value is -0.646. The second-order valence-electron chi connectivity index (χ2n) is 5.49. The zero-order valence-corrected chi connectivity index (χ0v) is 14.4. The molecule has 0 fully saturated rings. The van der Waals surface area contributed by atoms with Gasteiger partial charge in [0.05, 0.1) is 8.96 Å². The van der Waals surface area contributed by atoms with Crippen molar-refractivity contribution in [1.82, 2.24) is 4.23 Å². The van der Waals surface area contributed by atoms with Crippen molar-refractivity contribution in [2.45, 2.75) is 32.7 Å². The van der Waals surface area contributed by atoms with Crippen LogP contribution in [0.1, 0.15) is 5.56 Å². The van der Waals surface area contributed by atoms with E-state index in [4.69, 9.17) is 0 Å². The van der Waals surface area contributed by atoms with E-state index >= 15 is 0 Å². The first-order valence-electron chi connectivity index (χ1n) is 6.19. The molecular formula is C14H27NSi2. The molecule has 0 saturated heterocycles. The Morgan fingerprint density at radius 2 is 1.59 bits per heavy atom. The van der Waals surface area contributed by atoms with E-state index in [0.717, 1.165) is 0 Å². The van der Waals surface area contributed by atoms with Crippen molar-refractivity contribution in [2.24, 2.45) is 0 Å². The summed E-state index contributed by atoms with van der Waals surface area (Å²) in [5.74, 6) is 0. The normalized spacial score (nSPS) is 11.1. The Labute approximate surface area is 110 Å². The van der Waals surface area contributed by atoms with Crippen molar-refractivity contribution in [3.8, 4) is 0 Å². The van der Waals surface area contributed by atoms with Crippen molar-refractivity contribution in [1.29, 1.82) is 0 Å². The molecule has 0 aliphatic rings. The summed E-state index contributed by atoms with van der Waals surface area (Å²) < 4.78 is 2.63. The van der Waals surface area contributed by atoms with Gasteiger partial charge in [-0.25, -0.2) is 0 Å². The summed E-state index contributed by atoms with van der Waals surface area (Å²) in [5.41, 5.74) is 1.17. The fourth-order valence-electron chi connectivity index (χ4n) is 1.36. The summed E-state index contributed by atoms with van der Waals surface area (Å²) in [6.45, 7) is 15.6. The molecule has 17 heavy (non-hydrogen) atoms. The first-order valence-corrected chi connectivity index (χ1v) is 12.5. The molecule has 1 nitrogen and oxygen atoms in total. The van der Waals surface area contributed by atoms with Crippen LogP contribution in [0.5, 0.6) is 0 Å². The van der Waals surface area contributed by atoms with Gasteiger partial charge in [0.25, 0.3) is 0 Å². The molecule has 0 spiro atoms. The monoisotopic (exact) mass is 265 g/mol. The largest absolute Gasteiger partial charge is 0.351 e. The van der Waals surface area contributed by atoms with Crippen LogP contribution in [0.15, 0.2) is 36.9 Å². The zero-order valence-electron chi connectivity index (χ0n) is 12.2. The molecule has 0 heterocycles. The Kier molecular flexibility index (Phi) is 7.35. The fourth-order valence-corrected chi connectivity index (χ4v) is 7.56. The predicted molar refractivity (Wildman–Crippen MR) is 86.5 cm³/mol. The van der Waals surface area contributed by atoms with E-state index < -0.39 is 17.2 Å². The predicted octanol–water partition coefficient (Wildman–Crippen LogP) is 4.07. The lowest BCUT2D eigenvalue weighted by Gasteiger charge is -2.33. The van der Waals surface area contributed by atoms with Gasteiger partial charge in [-0.15, -0.1) is 0 Å². The van der Waals surface area contributed by atoms with Crippen LogP contribution in [0.4, 0.5) is 0 Å². The zero-order chi connectivity index (χ0) is 13.5. The summed E-state index contributed by atoms with van der Waals surface area (Å²) in [6, 6.07) is 10.0.